The zero-order valence-electron chi connectivity index (χ0n) is 15.9. The van der Waals surface area contributed by atoms with Gasteiger partial charge in [0, 0.05) is 6.42 Å². The fourth-order valence-electron chi connectivity index (χ4n) is 2.59. The van der Waals surface area contributed by atoms with Gasteiger partial charge in [-0.15, -0.1) is 10.2 Å². The summed E-state index contributed by atoms with van der Waals surface area (Å²) in [4.78, 5) is 24.7. The molecule has 0 aliphatic heterocycles. The van der Waals surface area contributed by atoms with Crippen molar-refractivity contribution in [3.8, 4) is 5.75 Å². The molecule has 0 bridgehead atoms. The number of benzene rings is 2. The Morgan fingerprint density at radius 1 is 1.14 bits per heavy atom. The molecule has 2 aromatic carbocycles. The van der Waals surface area contributed by atoms with Gasteiger partial charge < -0.3 is 15.9 Å². The number of hydrogen-bond donors (Lipinski definition) is 2. The Balaban J connectivity index is 1.64. The molecule has 29 heavy (non-hydrogen) atoms. The maximum Gasteiger partial charge on any atom is 0.294 e. The summed E-state index contributed by atoms with van der Waals surface area (Å²) in [5.41, 5.74) is 1.33. The molecule has 1 amide bonds. The van der Waals surface area contributed by atoms with Crippen molar-refractivity contribution < 1.29 is 9.53 Å². The van der Waals surface area contributed by atoms with E-state index in [0.29, 0.717) is 24.5 Å². The molecule has 0 aliphatic rings. The maximum atomic E-state index is 12.5. The highest BCUT2D eigenvalue weighted by atomic mass is 32.2. The van der Waals surface area contributed by atoms with Crippen molar-refractivity contribution in [2.24, 2.45) is 0 Å². The lowest BCUT2D eigenvalue weighted by atomic mass is 10.1. The highest BCUT2D eigenvalue weighted by molar-refractivity contribution is 7.99. The van der Waals surface area contributed by atoms with Crippen LogP contribution in [0, 0.1) is 0 Å². The summed E-state index contributed by atoms with van der Waals surface area (Å²) in [5, 5.41) is 11.0. The zero-order chi connectivity index (χ0) is 20.6. The van der Waals surface area contributed by atoms with Crippen LogP contribution in [0.2, 0.25) is 0 Å². The van der Waals surface area contributed by atoms with Crippen LogP contribution in [0.15, 0.2) is 64.5 Å². The van der Waals surface area contributed by atoms with E-state index in [0.717, 1.165) is 22.0 Å². The van der Waals surface area contributed by atoms with Crippen LogP contribution in [0.1, 0.15) is 18.2 Å². The molecule has 0 saturated heterocycles. The molecule has 0 radical (unpaired) electrons. The van der Waals surface area contributed by atoms with Crippen LogP contribution in [0.4, 0.5) is 5.69 Å². The Morgan fingerprint density at radius 2 is 1.86 bits per heavy atom. The Hall–Kier alpha value is -3.33. The molecule has 1 aromatic heterocycles. The molecule has 0 atom stereocenters. The quantitative estimate of drug-likeness (QED) is 0.431. The van der Waals surface area contributed by atoms with Crippen LogP contribution in [0.3, 0.4) is 0 Å². The van der Waals surface area contributed by atoms with Gasteiger partial charge in [-0.3, -0.25) is 9.59 Å². The van der Waals surface area contributed by atoms with E-state index >= 15 is 0 Å². The average molecular weight is 411 g/mol. The van der Waals surface area contributed by atoms with Crippen molar-refractivity contribution in [2.45, 2.75) is 18.5 Å². The first kappa shape index (κ1) is 20.4. The van der Waals surface area contributed by atoms with Crippen molar-refractivity contribution in [1.29, 1.82) is 0 Å². The lowest BCUT2D eigenvalue weighted by Crippen LogP contribution is -2.34. The van der Waals surface area contributed by atoms with E-state index in [1.54, 1.807) is 18.2 Å². The molecule has 0 fully saturated rings. The van der Waals surface area contributed by atoms with Crippen LogP contribution in [-0.4, -0.2) is 33.1 Å². The number of hydrogen-bond acceptors (Lipinski definition) is 7. The second kappa shape index (κ2) is 9.74. The van der Waals surface area contributed by atoms with E-state index in [2.05, 4.69) is 15.5 Å². The van der Waals surface area contributed by atoms with Crippen LogP contribution >= 0.6 is 11.8 Å². The number of aromatic nitrogens is 3. The third-order valence-electron chi connectivity index (χ3n) is 3.94. The third-order valence-corrected chi connectivity index (χ3v) is 4.88. The molecule has 9 heteroatoms. The summed E-state index contributed by atoms with van der Waals surface area (Å²) in [5.74, 6) is 6.20. The predicted octanol–water partition coefficient (Wildman–Crippen LogP) is 2.07. The SMILES string of the molecule is CCOc1ccccc1NC(=O)CSc1nnc(Cc2ccccc2)c(=O)n1N. The molecule has 8 nitrogen and oxygen atoms in total. The molecule has 3 aromatic rings. The van der Waals surface area contributed by atoms with Crippen molar-refractivity contribution in [3.63, 3.8) is 0 Å². The van der Waals surface area contributed by atoms with Gasteiger partial charge in [0.05, 0.1) is 18.0 Å². The standard InChI is InChI=1S/C20H21N5O3S/c1-2-28-17-11-7-6-10-15(17)22-18(26)13-29-20-24-23-16(19(27)25(20)21)12-14-8-4-3-5-9-14/h3-11H,2,12-13,21H2,1H3,(H,22,26). The van der Waals surface area contributed by atoms with Gasteiger partial charge in [-0.05, 0) is 24.6 Å². The first-order chi connectivity index (χ1) is 14.1. The number of rotatable bonds is 8. The fraction of sp³-hybridized carbons (Fsp3) is 0.200. The lowest BCUT2D eigenvalue weighted by molar-refractivity contribution is -0.113. The van der Waals surface area contributed by atoms with Gasteiger partial charge in [-0.1, -0.05) is 54.2 Å². The second-order valence-corrected chi connectivity index (χ2v) is 6.98. The number of carbonyl (C=O) groups is 1. The molecule has 150 valence electrons. The molecule has 0 unspecified atom stereocenters. The minimum Gasteiger partial charge on any atom is -0.492 e. The number of anilines is 1. The van der Waals surface area contributed by atoms with E-state index in [1.165, 1.54) is 0 Å². The average Bonchev–Trinajstić information content (AvgIpc) is 2.73. The Morgan fingerprint density at radius 3 is 2.62 bits per heavy atom. The van der Waals surface area contributed by atoms with Crippen LogP contribution < -0.4 is 21.5 Å². The molecular formula is C20H21N5O3S. The number of thioether (sulfide) groups is 1. The number of ether oxygens (including phenoxy) is 1. The minimum atomic E-state index is -0.437. The van der Waals surface area contributed by atoms with Gasteiger partial charge in [0.1, 0.15) is 11.4 Å². The maximum absolute atomic E-state index is 12.5. The van der Waals surface area contributed by atoms with Gasteiger partial charge in [0.25, 0.3) is 5.56 Å². The van der Waals surface area contributed by atoms with E-state index in [9.17, 15) is 9.59 Å². The number of nitrogens with one attached hydrogen (secondary N) is 1. The number of amides is 1. The summed E-state index contributed by atoms with van der Waals surface area (Å²) < 4.78 is 6.42. The lowest BCUT2D eigenvalue weighted by Gasteiger charge is -2.11. The monoisotopic (exact) mass is 411 g/mol. The van der Waals surface area contributed by atoms with Gasteiger partial charge in [-0.25, -0.2) is 0 Å². The topological polar surface area (TPSA) is 112 Å². The summed E-state index contributed by atoms with van der Waals surface area (Å²) in [7, 11) is 0. The highest BCUT2D eigenvalue weighted by Crippen LogP contribution is 2.24. The summed E-state index contributed by atoms with van der Waals surface area (Å²) >= 11 is 1.03. The first-order valence-electron chi connectivity index (χ1n) is 9.00. The van der Waals surface area contributed by atoms with Crippen LogP contribution in [0.5, 0.6) is 5.75 Å². The number of nitrogens with zero attached hydrogens (tertiary/aromatic N) is 3. The molecule has 0 aliphatic carbocycles. The minimum absolute atomic E-state index is 0.0177. The molecule has 3 N–H and O–H groups in total. The predicted molar refractivity (Wildman–Crippen MR) is 113 cm³/mol. The number of nitrogen functional groups attached to an aromatic ring is 1. The van der Waals surface area contributed by atoms with Gasteiger partial charge in [-0.2, -0.15) is 4.68 Å². The van der Waals surface area contributed by atoms with Gasteiger partial charge >= 0.3 is 0 Å². The number of nitrogens with two attached hydrogens (primary N) is 1. The third kappa shape index (κ3) is 5.35. The van der Waals surface area contributed by atoms with Crippen molar-refractivity contribution in [1.82, 2.24) is 14.9 Å². The van der Waals surface area contributed by atoms with E-state index in [1.807, 2.05) is 43.3 Å². The largest absolute Gasteiger partial charge is 0.492 e. The van der Waals surface area contributed by atoms with Crippen molar-refractivity contribution >= 4 is 23.4 Å². The Bertz CT molecular complexity index is 1040. The molecule has 0 spiro atoms. The summed E-state index contributed by atoms with van der Waals surface area (Å²) in [6.45, 7) is 2.36. The normalized spacial score (nSPS) is 10.5. The molecule has 3 rings (SSSR count). The van der Waals surface area contributed by atoms with Gasteiger partial charge in [0.2, 0.25) is 11.1 Å². The van der Waals surface area contributed by atoms with Gasteiger partial charge in [0.15, 0.2) is 0 Å². The van der Waals surface area contributed by atoms with E-state index in [4.69, 9.17) is 10.6 Å². The Kier molecular flexibility index (Phi) is 6.85. The zero-order valence-corrected chi connectivity index (χ0v) is 16.7. The van der Waals surface area contributed by atoms with Crippen molar-refractivity contribution in [3.05, 3.63) is 76.2 Å². The first-order valence-corrected chi connectivity index (χ1v) is 9.99. The molecule has 1 heterocycles. The smallest absolute Gasteiger partial charge is 0.294 e. The fourth-order valence-corrected chi connectivity index (χ4v) is 3.24. The summed E-state index contributed by atoms with van der Waals surface area (Å²) in [6, 6.07) is 16.6. The molecule has 0 saturated carbocycles. The van der Waals surface area contributed by atoms with Crippen LogP contribution in [-0.2, 0) is 11.2 Å². The van der Waals surface area contributed by atoms with E-state index < -0.39 is 5.56 Å². The van der Waals surface area contributed by atoms with Crippen LogP contribution in [0.25, 0.3) is 0 Å². The second-order valence-electron chi connectivity index (χ2n) is 6.03. The highest BCUT2D eigenvalue weighted by Gasteiger charge is 2.14. The number of carbonyl (C=O) groups excluding carboxylic acids is 1. The van der Waals surface area contributed by atoms with E-state index in [-0.39, 0.29) is 22.5 Å². The van der Waals surface area contributed by atoms with Crippen molar-refractivity contribution in [2.75, 3.05) is 23.5 Å². The molecular weight excluding hydrogens is 390 g/mol. The number of para-hydroxylation sites is 2. The summed E-state index contributed by atoms with van der Waals surface area (Å²) in [6.07, 6.45) is 0.337. The Labute approximate surface area is 172 Å².